The molecule has 6 nitrogen and oxygen atoms in total. The zero-order chi connectivity index (χ0) is 20.2. The molecule has 3 aromatic carbocycles. The molecule has 0 atom stereocenters. The van der Waals surface area contributed by atoms with Gasteiger partial charge in [-0.2, -0.15) is 0 Å². The highest BCUT2D eigenvalue weighted by Gasteiger charge is 2.12. The molecule has 1 aromatic heterocycles. The minimum absolute atomic E-state index is 0. The van der Waals surface area contributed by atoms with Gasteiger partial charge in [0.2, 0.25) is 0 Å². The van der Waals surface area contributed by atoms with Crippen LogP contribution < -0.4 is 19.5 Å². The molecule has 0 fully saturated rings. The molecular formula is C23H22ClN3O3. The van der Waals surface area contributed by atoms with Crippen molar-refractivity contribution < 1.29 is 14.2 Å². The predicted molar refractivity (Wildman–Crippen MR) is 121 cm³/mol. The Hall–Kier alpha value is -3.51. The Labute approximate surface area is 181 Å². The lowest BCUT2D eigenvalue weighted by atomic mass is 10.1. The van der Waals surface area contributed by atoms with Gasteiger partial charge in [0.15, 0.2) is 11.5 Å². The summed E-state index contributed by atoms with van der Waals surface area (Å²) in [6.07, 6.45) is 1.53. The Kier molecular flexibility index (Phi) is 6.59. The van der Waals surface area contributed by atoms with Gasteiger partial charge in [0, 0.05) is 17.1 Å². The Morgan fingerprint density at radius 3 is 2.23 bits per heavy atom. The van der Waals surface area contributed by atoms with Gasteiger partial charge < -0.3 is 19.5 Å². The molecule has 0 radical (unpaired) electrons. The number of methoxy groups -OCH3 is 2. The molecule has 0 aliphatic carbocycles. The van der Waals surface area contributed by atoms with E-state index in [0.717, 1.165) is 33.7 Å². The number of hydrogen-bond donors (Lipinski definition) is 1. The summed E-state index contributed by atoms with van der Waals surface area (Å²) in [5, 5.41) is 4.23. The van der Waals surface area contributed by atoms with Crippen molar-refractivity contribution in [3.63, 3.8) is 0 Å². The number of halogens is 1. The topological polar surface area (TPSA) is 65.5 Å². The van der Waals surface area contributed by atoms with E-state index in [-0.39, 0.29) is 12.4 Å². The van der Waals surface area contributed by atoms with Gasteiger partial charge in [0.25, 0.3) is 0 Å². The molecular weight excluding hydrogens is 402 g/mol. The molecule has 30 heavy (non-hydrogen) atoms. The first-order chi connectivity index (χ1) is 14.2. The number of ether oxygens (including phenoxy) is 3. The van der Waals surface area contributed by atoms with Crippen LogP contribution in [-0.4, -0.2) is 24.2 Å². The van der Waals surface area contributed by atoms with Gasteiger partial charge in [-0.1, -0.05) is 18.2 Å². The van der Waals surface area contributed by atoms with Crippen molar-refractivity contribution in [1.29, 1.82) is 0 Å². The molecule has 0 saturated heterocycles. The molecule has 4 aromatic rings. The Morgan fingerprint density at radius 2 is 1.53 bits per heavy atom. The molecule has 0 spiro atoms. The van der Waals surface area contributed by atoms with Gasteiger partial charge >= 0.3 is 0 Å². The minimum Gasteiger partial charge on any atom is -0.493 e. The lowest BCUT2D eigenvalue weighted by molar-refractivity contribution is 0.356. The number of para-hydroxylation sites is 1. The highest BCUT2D eigenvalue weighted by atomic mass is 35.5. The average Bonchev–Trinajstić information content (AvgIpc) is 2.75. The van der Waals surface area contributed by atoms with Crippen molar-refractivity contribution in [2.24, 2.45) is 0 Å². The lowest BCUT2D eigenvalue weighted by Gasteiger charge is -2.14. The van der Waals surface area contributed by atoms with Crippen molar-refractivity contribution in [3.8, 4) is 23.0 Å². The fraction of sp³-hybridized carbons (Fsp3) is 0.130. The molecule has 7 heteroatoms. The highest BCUT2D eigenvalue weighted by Crippen LogP contribution is 2.35. The molecule has 1 N–H and O–H groups in total. The standard InChI is InChI=1S/C23H21N3O3.ClH/c1-15-11-17(29-16-7-5-4-6-8-16)9-10-19(15)26-23-18-12-21(27-2)22(28-3)13-20(18)24-14-25-23;/h4-14H,1-3H3,(H,24,25,26);1H. The maximum Gasteiger partial charge on any atom is 0.162 e. The second-order valence-corrected chi connectivity index (χ2v) is 6.46. The van der Waals surface area contributed by atoms with E-state index in [9.17, 15) is 0 Å². The number of rotatable bonds is 6. The van der Waals surface area contributed by atoms with Crippen LogP contribution in [0.5, 0.6) is 23.0 Å². The van der Waals surface area contributed by atoms with E-state index < -0.39 is 0 Å². The van der Waals surface area contributed by atoms with E-state index in [0.29, 0.717) is 17.3 Å². The van der Waals surface area contributed by atoms with E-state index in [1.807, 2.05) is 67.6 Å². The van der Waals surface area contributed by atoms with Crippen molar-refractivity contribution in [3.05, 3.63) is 72.6 Å². The molecule has 1 heterocycles. The number of fused-ring (bicyclic) bond motifs is 1. The Bertz CT molecular complexity index is 1150. The lowest BCUT2D eigenvalue weighted by Crippen LogP contribution is -1.99. The van der Waals surface area contributed by atoms with E-state index in [2.05, 4.69) is 15.3 Å². The molecule has 0 saturated carbocycles. The summed E-state index contributed by atoms with van der Waals surface area (Å²) in [5.41, 5.74) is 2.73. The maximum atomic E-state index is 5.91. The molecule has 0 bridgehead atoms. The van der Waals surface area contributed by atoms with Crippen LogP contribution in [0.4, 0.5) is 11.5 Å². The molecule has 0 aliphatic rings. The normalized spacial score (nSPS) is 10.2. The molecule has 154 valence electrons. The fourth-order valence-electron chi connectivity index (χ4n) is 3.07. The first-order valence-electron chi connectivity index (χ1n) is 9.15. The van der Waals surface area contributed by atoms with Crippen molar-refractivity contribution in [2.45, 2.75) is 6.92 Å². The smallest absolute Gasteiger partial charge is 0.162 e. The summed E-state index contributed by atoms with van der Waals surface area (Å²) in [7, 11) is 3.21. The summed E-state index contributed by atoms with van der Waals surface area (Å²) >= 11 is 0. The van der Waals surface area contributed by atoms with Gasteiger partial charge in [-0.25, -0.2) is 9.97 Å². The minimum atomic E-state index is 0. The maximum absolute atomic E-state index is 5.91. The average molecular weight is 424 g/mol. The van der Waals surface area contributed by atoms with Gasteiger partial charge in [-0.3, -0.25) is 0 Å². The largest absolute Gasteiger partial charge is 0.493 e. The third-order valence-electron chi connectivity index (χ3n) is 4.57. The predicted octanol–water partition coefficient (Wildman–Crippen LogP) is 5.91. The number of aromatic nitrogens is 2. The monoisotopic (exact) mass is 423 g/mol. The van der Waals surface area contributed by atoms with E-state index in [4.69, 9.17) is 14.2 Å². The van der Waals surface area contributed by atoms with Crippen LogP contribution in [-0.2, 0) is 0 Å². The van der Waals surface area contributed by atoms with Crippen molar-refractivity contribution >= 4 is 34.8 Å². The van der Waals surface area contributed by atoms with Gasteiger partial charge in [-0.15, -0.1) is 12.4 Å². The van der Waals surface area contributed by atoms with Gasteiger partial charge in [0.05, 0.1) is 19.7 Å². The van der Waals surface area contributed by atoms with Crippen LogP contribution in [0.1, 0.15) is 5.56 Å². The summed E-state index contributed by atoms with van der Waals surface area (Å²) in [4.78, 5) is 8.76. The number of benzene rings is 3. The molecule has 0 aliphatic heterocycles. The molecule has 0 unspecified atom stereocenters. The summed E-state index contributed by atoms with van der Waals surface area (Å²) < 4.78 is 16.7. The van der Waals surface area contributed by atoms with Gasteiger partial charge in [-0.05, 0) is 48.9 Å². The molecule has 4 rings (SSSR count). The first-order valence-corrected chi connectivity index (χ1v) is 9.15. The summed E-state index contributed by atoms with van der Waals surface area (Å²) in [6.45, 7) is 2.02. The van der Waals surface area contributed by atoms with Gasteiger partial charge in [0.1, 0.15) is 23.6 Å². The van der Waals surface area contributed by atoms with Crippen LogP contribution in [0.2, 0.25) is 0 Å². The zero-order valence-electron chi connectivity index (χ0n) is 16.9. The number of nitrogens with one attached hydrogen (secondary N) is 1. The molecule has 0 amide bonds. The quantitative estimate of drug-likeness (QED) is 0.415. The van der Waals surface area contributed by atoms with E-state index in [1.54, 1.807) is 14.2 Å². The van der Waals surface area contributed by atoms with Crippen LogP contribution in [0, 0.1) is 6.92 Å². The van der Waals surface area contributed by atoms with Crippen LogP contribution in [0.15, 0.2) is 67.0 Å². The highest BCUT2D eigenvalue weighted by molar-refractivity contribution is 5.93. The number of anilines is 2. The number of aryl methyl sites for hydroxylation is 1. The second kappa shape index (κ2) is 9.33. The second-order valence-electron chi connectivity index (χ2n) is 6.46. The van der Waals surface area contributed by atoms with Crippen molar-refractivity contribution in [2.75, 3.05) is 19.5 Å². The van der Waals surface area contributed by atoms with E-state index >= 15 is 0 Å². The van der Waals surface area contributed by atoms with Crippen LogP contribution in [0.25, 0.3) is 10.9 Å². The number of hydrogen-bond acceptors (Lipinski definition) is 6. The first kappa shape index (κ1) is 21.2. The van der Waals surface area contributed by atoms with E-state index in [1.165, 1.54) is 6.33 Å². The van der Waals surface area contributed by atoms with Crippen LogP contribution >= 0.6 is 12.4 Å². The number of nitrogens with zero attached hydrogens (tertiary/aromatic N) is 2. The SMILES string of the molecule is COc1cc2ncnc(Nc3ccc(Oc4ccccc4)cc3C)c2cc1OC.Cl. The van der Waals surface area contributed by atoms with Crippen molar-refractivity contribution in [1.82, 2.24) is 9.97 Å². The summed E-state index contributed by atoms with van der Waals surface area (Å²) in [6, 6.07) is 19.3. The van der Waals surface area contributed by atoms with Crippen LogP contribution in [0.3, 0.4) is 0 Å². The third kappa shape index (κ3) is 4.39. The fourth-order valence-corrected chi connectivity index (χ4v) is 3.07. The summed E-state index contributed by atoms with van der Waals surface area (Å²) in [5.74, 6) is 3.52. The Morgan fingerprint density at radius 1 is 0.800 bits per heavy atom. The third-order valence-corrected chi connectivity index (χ3v) is 4.57. The zero-order valence-corrected chi connectivity index (χ0v) is 17.7. The Balaban J connectivity index is 0.00000256.